The van der Waals surface area contributed by atoms with Gasteiger partial charge in [-0.2, -0.15) is 5.10 Å². The molecule has 2 aromatic rings. The van der Waals surface area contributed by atoms with Gasteiger partial charge in [0.25, 0.3) is 0 Å². The van der Waals surface area contributed by atoms with Crippen LogP contribution in [0.3, 0.4) is 0 Å². The monoisotopic (exact) mass is 349 g/mol. The number of hydrogen-bond acceptors (Lipinski definition) is 6. The van der Waals surface area contributed by atoms with E-state index in [-0.39, 0.29) is 12.0 Å². The second kappa shape index (κ2) is 7.87. The van der Waals surface area contributed by atoms with Crippen molar-refractivity contribution < 1.29 is 9.53 Å². The third kappa shape index (κ3) is 4.19. The van der Waals surface area contributed by atoms with Gasteiger partial charge in [0.15, 0.2) is 0 Å². The lowest BCUT2D eigenvalue weighted by molar-refractivity contribution is -0.119. The minimum atomic E-state index is -0.0455. The van der Waals surface area contributed by atoms with E-state index in [4.69, 9.17) is 4.74 Å². The number of rotatable bonds is 6. The van der Waals surface area contributed by atoms with Gasteiger partial charge in [0, 0.05) is 36.8 Å². The van der Waals surface area contributed by atoms with Crippen molar-refractivity contribution in [3.05, 3.63) is 28.3 Å². The fourth-order valence-corrected chi connectivity index (χ4v) is 3.56. The Hall–Kier alpha value is -1.77. The molecule has 0 radical (unpaired) electrons. The van der Waals surface area contributed by atoms with E-state index in [0.717, 1.165) is 36.0 Å². The Balaban J connectivity index is 1.55. The molecule has 1 fully saturated rings. The standard InChI is InChI=1S/C16H23N5O2S/c1-3-6-21-14(4-5-17-21)19-15(22)10-20-7-8-23-13(9-20)16-18-12(2)11-24-16/h4-5,11,13H,3,6-10H2,1-2H3,(H,19,22). The summed E-state index contributed by atoms with van der Waals surface area (Å²) >= 11 is 1.61. The molecular weight excluding hydrogens is 326 g/mol. The number of aromatic nitrogens is 3. The molecule has 3 heterocycles. The summed E-state index contributed by atoms with van der Waals surface area (Å²) in [4.78, 5) is 18.9. The predicted octanol–water partition coefficient (Wildman–Crippen LogP) is 2.07. The summed E-state index contributed by atoms with van der Waals surface area (Å²) in [5, 5.41) is 10.2. The van der Waals surface area contributed by atoms with Crippen LogP contribution < -0.4 is 5.32 Å². The summed E-state index contributed by atoms with van der Waals surface area (Å²) < 4.78 is 7.62. The van der Waals surface area contributed by atoms with Crippen molar-refractivity contribution in [2.75, 3.05) is 31.6 Å². The summed E-state index contributed by atoms with van der Waals surface area (Å²) in [7, 11) is 0. The third-order valence-electron chi connectivity index (χ3n) is 3.85. The maximum Gasteiger partial charge on any atom is 0.239 e. The van der Waals surface area contributed by atoms with Crippen LogP contribution in [0.4, 0.5) is 5.82 Å². The van der Waals surface area contributed by atoms with Crippen LogP contribution in [-0.2, 0) is 16.1 Å². The number of hydrogen-bond donors (Lipinski definition) is 1. The Morgan fingerprint density at radius 1 is 1.54 bits per heavy atom. The number of nitrogens with one attached hydrogen (secondary N) is 1. The van der Waals surface area contributed by atoms with Crippen LogP contribution in [0.15, 0.2) is 17.6 Å². The average Bonchev–Trinajstić information content (AvgIpc) is 3.17. The lowest BCUT2D eigenvalue weighted by Gasteiger charge is -2.31. The maximum atomic E-state index is 12.3. The van der Waals surface area contributed by atoms with Crippen molar-refractivity contribution in [3.8, 4) is 0 Å². The van der Waals surface area contributed by atoms with E-state index >= 15 is 0 Å². The molecule has 7 nitrogen and oxygen atoms in total. The number of nitrogens with zero attached hydrogens (tertiary/aromatic N) is 4. The van der Waals surface area contributed by atoms with Crippen molar-refractivity contribution in [1.82, 2.24) is 19.7 Å². The van der Waals surface area contributed by atoms with Gasteiger partial charge in [0.05, 0.1) is 19.3 Å². The third-order valence-corrected chi connectivity index (χ3v) is 4.90. The van der Waals surface area contributed by atoms with Crippen LogP contribution in [0.25, 0.3) is 0 Å². The Morgan fingerprint density at radius 2 is 2.42 bits per heavy atom. The van der Waals surface area contributed by atoms with Crippen LogP contribution in [0.1, 0.15) is 30.2 Å². The highest BCUT2D eigenvalue weighted by Gasteiger charge is 2.25. The van der Waals surface area contributed by atoms with Crippen molar-refractivity contribution in [2.45, 2.75) is 32.9 Å². The molecular formula is C16H23N5O2S. The van der Waals surface area contributed by atoms with Gasteiger partial charge >= 0.3 is 0 Å². The summed E-state index contributed by atoms with van der Waals surface area (Å²) in [6, 6.07) is 1.83. The van der Waals surface area contributed by atoms with Crippen LogP contribution in [0.2, 0.25) is 0 Å². The van der Waals surface area contributed by atoms with Gasteiger partial charge in [0.2, 0.25) is 5.91 Å². The van der Waals surface area contributed by atoms with E-state index in [0.29, 0.717) is 19.7 Å². The lowest BCUT2D eigenvalue weighted by Crippen LogP contribution is -2.42. The first kappa shape index (κ1) is 17.1. The first-order chi connectivity index (χ1) is 11.7. The second-order valence-electron chi connectivity index (χ2n) is 5.91. The highest BCUT2D eigenvalue weighted by molar-refractivity contribution is 7.09. The van der Waals surface area contributed by atoms with E-state index in [2.05, 4.69) is 27.2 Å². The molecule has 1 atom stereocenters. The quantitative estimate of drug-likeness (QED) is 0.864. The first-order valence-electron chi connectivity index (χ1n) is 8.23. The van der Waals surface area contributed by atoms with E-state index in [1.165, 1.54) is 0 Å². The number of morpholine rings is 1. The first-order valence-corrected chi connectivity index (χ1v) is 9.11. The van der Waals surface area contributed by atoms with Crippen molar-refractivity contribution in [1.29, 1.82) is 0 Å². The molecule has 0 aliphatic carbocycles. The smallest absolute Gasteiger partial charge is 0.239 e. The maximum absolute atomic E-state index is 12.3. The molecule has 1 saturated heterocycles. The zero-order chi connectivity index (χ0) is 16.9. The molecule has 0 aromatic carbocycles. The van der Waals surface area contributed by atoms with Gasteiger partial charge in [-0.25, -0.2) is 9.67 Å². The van der Waals surface area contributed by atoms with Crippen LogP contribution in [0.5, 0.6) is 0 Å². The zero-order valence-corrected chi connectivity index (χ0v) is 14.9. The van der Waals surface area contributed by atoms with Crippen molar-refractivity contribution in [3.63, 3.8) is 0 Å². The minimum Gasteiger partial charge on any atom is -0.368 e. The van der Waals surface area contributed by atoms with E-state index in [9.17, 15) is 4.79 Å². The van der Waals surface area contributed by atoms with Crippen LogP contribution >= 0.6 is 11.3 Å². The van der Waals surface area contributed by atoms with Gasteiger partial charge in [-0.05, 0) is 13.3 Å². The van der Waals surface area contributed by atoms with Gasteiger partial charge in [-0.15, -0.1) is 11.3 Å². The Bertz CT molecular complexity index is 684. The summed E-state index contributed by atoms with van der Waals surface area (Å²) in [5.74, 6) is 0.728. The SMILES string of the molecule is CCCn1nccc1NC(=O)CN1CCOC(c2nc(C)cs2)C1. The van der Waals surface area contributed by atoms with Crippen molar-refractivity contribution in [2.24, 2.45) is 0 Å². The number of carbonyl (C=O) groups excluding carboxylic acids is 1. The van der Waals surface area contributed by atoms with E-state index < -0.39 is 0 Å². The summed E-state index contributed by atoms with van der Waals surface area (Å²) in [6.07, 6.45) is 2.64. The Morgan fingerprint density at radius 3 is 3.17 bits per heavy atom. The van der Waals surface area contributed by atoms with Crippen LogP contribution in [0, 0.1) is 6.92 Å². The highest BCUT2D eigenvalue weighted by Crippen LogP contribution is 2.25. The van der Waals surface area contributed by atoms with E-state index in [1.54, 1.807) is 17.5 Å². The zero-order valence-electron chi connectivity index (χ0n) is 14.1. The molecule has 0 spiro atoms. The number of carbonyl (C=O) groups is 1. The molecule has 1 aliphatic heterocycles. The largest absolute Gasteiger partial charge is 0.368 e. The molecule has 0 saturated carbocycles. The molecule has 0 bridgehead atoms. The number of aryl methyl sites for hydroxylation is 2. The molecule has 24 heavy (non-hydrogen) atoms. The number of amides is 1. The van der Waals surface area contributed by atoms with Gasteiger partial charge in [0.1, 0.15) is 16.9 Å². The number of ether oxygens (including phenoxy) is 1. The minimum absolute atomic E-state index is 0.0242. The van der Waals surface area contributed by atoms with Gasteiger partial charge in [-0.3, -0.25) is 9.69 Å². The fraction of sp³-hybridized carbons (Fsp3) is 0.562. The predicted molar refractivity (Wildman–Crippen MR) is 93.1 cm³/mol. The molecule has 1 N–H and O–H groups in total. The summed E-state index contributed by atoms with van der Waals surface area (Å²) in [5.41, 5.74) is 1.01. The topological polar surface area (TPSA) is 72.3 Å². The molecule has 1 amide bonds. The molecule has 8 heteroatoms. The highest BCUT2D eigenvalue weighted by atomic mass is 32.1. The Labute approximate surface area is 145 Å². The summed E-state index contributed by atoms with van der Waals surface area (Å²) in [6.45, 7) is 7.27. The lowest BCUT2D eigenvalue weighted by atomic mass is 10.2. The van der Waals surface area contributed by atoms with Gasteiger partial charge in [-0.1, -0.05) is 6.92 Å². The van der Waals surface area contributed by atoms with Gasteiger partial charge < -0.3 is 10.1 Å². The molecule has 1 aliphatic rings. The molecule has 2 aromatic heterocycles. The second-order valence-corrected chi connectivity index (χ2v) is 6.80. The van der Waals surface area contributed by atoms with Crippen molar-refractivity contribution >= 4 is 23.1 Å². The Kier molecular flexibility index (Phi) is 5.60. The number of thiazole rings is 1. The molecule has 130 valence electrons. The van der Waals surface area contributed by atoms with Crippen LogP contribution in [-0.4, -0.2) is 51.8 Å². The normalized spacial score (nSPS) is 18.7. The van der Waals surface area contributed by atoms with E-state index in [1.807, 2.05) is 23.1 Å². The molecule has 3 rings (SSSR count). The molecule has 1 unspecified atom stereocenters. The number of anilines is 1. The fourth-order valence-electron chi connectivity index (χ4n) is 2.73. The average molecular weight is 349 g/mol.